The maximum Gasteiger partial charge on any atom is 0.343 e. The fraction of sp³-hybridized carbons (Fsp3) is 0.552. The highest BCUT2D eigenvalue weighted by atomic mass is 19.1. The second kappa shape index (κ2) is 11.3. The number of halogens is 2. The Hall–Kier alpha value is -2.23. The fourth-order valence-corrected chi connectivity index (χ4v) is 6.04. The highest BCUT2D eigenvalue weighted by Crippen LogP contribution is 2.48. The molecule has 0 heterocycles. The van der Waals surface area contributed by atoms with Crippen LogP contribution in [0, 0.1) is 29.4 Å². The van der Waals surface area contributed by atoms with Gasteiger partial charge in [0, 0.05) is 0 Å². The van der Waals surface area contributed by atoms with Gasteiger partial charge in [0.05, 0.1) is 5.56 Å². The number of ether oxygens (including phenoxy) is 1. The number of rotatable bonds is 8. The van der Waals surface area contributed by atoms with Crippen LogP contribution < -0.4 is 4.74 Å². The minimum absolute atomic E-state index is 0.179. The molecular weight excluding hydrogens is 418 g/mol. The first-order chi connectivity index (χ1) is 16.0. The Balaban J connectivity index is 1.32. The predicted molar refractivity (Wildman–Crippen MR) is 127 cm³/mol. The van der Waals surface area contributed by atoms with E-state index in [0.717, 1.165) is 30.2 Å². The third kappa shape index (κ3) is 6.22. The second-order valence-electron chi connectivity index (χ2n) is 10.1. The van der Waals surface area contributed by atoms with E-state index in [1.54, 1.807) is 12.1 Å². The Morgan fingerprint density at radius 2 is 1.67 bits per heavy atom. The zero-order valence-electron chi connectivity index (χ0n) is 19.7. The van der Waals surface area contributed by atoms with Gasteiger partial charge in [0.25, 0.3) is 0 Å². The van der Waals surface area contributed by atoms with Crippen LogP contribution in [0.4, 0.5) is 8.78 Å². The van der Waals surface area contributed by atoms with E-state index in [1.807, 2.05) is 0 Å². The number of fused-ring (bicyclic) bond motifs is 1. The van der Waals surface area contributed by atoms with E-state index in [2.05, 4.69) is 6.92 Å². The molecule has 0 radical (unpaired) electrons. The van der Waals surface area contributed by atoms with Crippen LogP contribution in [0.25, 0.3) is 0 Å². The van der Waals surface area contributed by atoms with Gasteiger partial charge in [0.15, 0.2) is 0 Å². The van der Waals surface area contributed by atoms with Crippen molar-refractivity contribution in [1.82, 2.24) is 0 Å². The van der Waals surface area contributed by atoms with Crippen LogP contribution in [0.5, 0.6) is 5.75 Å². The molecule has 0 aliphatic heterocycles. The van der Waals surface area contributed by atoms with Crippen LogP contribution in [0.15, 0.2) is 42.5 Å². The van der Waals surface area contributed by atoms with E-state index < -0.39 is 11.8 Å². The summed E-state index contributed by atoms with van der Waals surface area (Å²) in [6.07, 6.45) is 14.0. The Morgan fingerprint density at radius 3 is 2.42 bits per heavy atom. The van der Waals surface area contributed by atoms with Gasteiger partial charge in [-0.1, -0.05) is 51.5 Å². The van der Waals surface area contributed by atoms with Gasteiger partial charge in [-0.2, -0.15) is 0 Å². The molecule has 178 valence electrons. The van der Waals surface area contributed by atoms with E-state index in [-0.39, 0.29) is 23.0 Å². The van der Waals surface area contributed by atoms with Gasteiger partial charge in [0.2, 0.25) is 0 Å². The molecule has 2 aromatic carbocycles. The minimum Gasteiger partial charge on any atom is -0.423 e. The van der Waals surface area contributed by atoms with E-state index in [4.69, 9.17) is 4.74 Å². The van der Waals surface area contributed by atoms with Crippen LogP contribution in [-0.2, 0) is 0 Å². The molecule has 4 unspecified atom stereocenters. The monoisotopic (exact) mass is 454 g/mol. The summed E-state index contributed by atoms with van der Waals surface area (Å²) < 4.78 is 33.3. The van der Waals surface area contributed by atoms with Crippen molar-refractivity contribution in [3.05, 3.63) is 65.2 Å². The molecule has 0 saturated heterocycles. The summed E-state index contributed by atoms with van der Waals surface area (Å²) in [6.45, 7) is 2.26. The lowest BCUT2D eigenvalue weighted by molar-refractivity contribution is 0.0734. The van der Waals surface area contributed by atoms with Gasteiger partial charge in [0.1, 0.15) is 17.4 Å². The van der Waals surface area contributed by atoms with Gasteiger partial charge >= 0.3 is 5.97 Å². The first kappa shape index (κ1) is 23.9. The van der Waals surface area contributed by atoms with E-state index in [1.165, 1.54) is 88.1 Å². The summed E-state index contributed by atoms with van der Waals surface area (Å²) in [7, 11) is 0. The van der Waals surface area contributed by atoms with Crippen molar-refractivity contribution in [2.24, 2.45) is 17.8 Å². The Bertz CT molecular complexity index is 924. The zero-order chi connectivity index (χ0) is 23.2. The maximum atomic E-state index is 15.0. The largest absolute Gasteiger partial charge is 0.423 e. The Labute approximate surface area is 196 Å². The summed E-state index contributed by atoms with van der Waals surface area (Å²) in [5.74, 6) is 1.52. The molecule has 0 aromatic heterocycles. The molecule has 2 nitrogen and oxygen atoms in total. The molecule has 4 heteroatoms. The quantitative estimate of drug-likeness (QED) is 0.227. The van der Waals surface area contributed by atoms with E-state index in [0.29, 0.717) is 5.92 Å². The molecule has 2 fully saturated rings. The first-order valence-corrected chi connectivity index (χ1v) is 12.8. The first-order valence-electron chi connectivity index (χ1n) is 12.8. The molecule has 2 aromatic rings. The molecule has 2 aliphatic rings. The highest BCUT2D eigenvalue weighted by molar-refractivity contribution is 5.91. The average molecular weight is 455 g/mol. The molecule has 33 heavy (non-hydrogen) atoms. The smallest absolute Gasteiger partial charge is 0.343 e. The van der Waals surface area contributed by atoms with Crippen molar-refractivity contribution >= 4 is 5.97 Å². The van der Waals surface area contributed by atoms with Crippen molar-refractivity contribution in [3.8, 4) is 5.75 Å². The lowest BCUT2D eigenvalue weighted by Gasteiger charge is -2.42. The third-order valence-electron chi connectivity index (χ3n) is 7.89. The Kier molecular flexibility index (Phi) is 8.16. The average Bonchev–Trinajstić information content (AvgIpc) is 2.83. The molecule has 2 aliphatic carbocycles. The van der Waals surface area contributed by atoms with Crippen LogP contribution in [0.3, 0.4) is 0 Å². The second-order valence-corrected chi connectivity index (χ2v) is 10.1. The Morgan fingerprint density at radius 1 is 0.909 bits per heavy atom. The van der Waals surface area contributed by atoms with Gasteiger partial charge in [-0.3, -0.25) is 0 Å². The van der Waals surface area contributed by atoms with Crippen molar-refractivity contribution < 1.29 is 18.3 Å². The lowest BCUT2D eigenvalue weighted by Crippen LogP contribution is -2.30. The molecule has 4 rings (SSSR count). The molecule has 0 amide bonds. The minimum atomic E-state index is -0.631. The number of carbonyl (C=O) groups excluding carboxylic acids is 1. The molecule has 0 N–H and O–H groups in total. The van der Waals surface area contributed by atoms with Crippen molar-refractivity contribution in [2.75, 3.05) is 0 Å². The van der Waals surface area contributed by atoms with E-state index >= 15 is 4.39 Å². The summed E-state index contributed by atoms with van der Waals surface area (Å²) in [6, 6.07) is 9.93. The molecule has 2 saturated carbocycles. The van der Waals surface area contributed by atoms with Crippen LogP contribution in [0.2, 0.25) is 0 Å². The number of hydrogen-bond donors (Lipinski definition) is 0. The summed E-state index contributed by atoms with van der Waals surface area (Å²) >= 11 is 0. The molecular formula is C29H36F2O2. The lowest BCUT2D eigenvalue weighted by atomic mass is 9.63. The molecule has 4 atom stereocenters. The SMILES string of the molecule is CCCCCCC1CCC2CC(c3ccc(C(=O)Oc4ccc(F)cc4)cc3F)CCC2C1. The van der Waals surface area contributed by atoms with Crippen molar-refractivity contribution in [1.29, 1.82) is 0 Å². The van der Waals surface area contributed by atoms with Gasteiger partial charge in [-0.15, -0.1) is 0 Å². The highest BCUT2D eigenvalue weighted by Gasteiger charge is 2.36. The van der Waals surface area contributed by atoms with Crippen molar-refractivity contribution in [2.45, 2.75) is 83.5 Å². The number of benzene rings is 2. The van der Waals surface area contributed by atoms with Crippen LogP contribution in [-0.4, -0.2) is 5.97 Å². The normalized spacial score (nSPS) is 24.8. The third-order valence-corrected chi connectivity index (χ3v) is 7.89. The van der Waals surface area contributed by atoms with E-state index in [9.17, 15) is 9.18 Å². The van der Waals surface area contributed by atoms with Gasteiger partial charge < -0.3 is 4.74 Å². The standard InChI is InChI=1S/C29H36F2O2/c1-2-3-4-5-6-20-7-8-22-18-23(10-9-21(22)17-20)27-16-11-24(19-28(27)31)29(32)33-26-14-12-25(30)13-15-26/h11-16,19-23H,2-10,17-18H2,1H3. The topological polar surface area (TPSA) is 26.3 Å². The number of hydrogen-bond acceptors (Lipinski definition) is 2. The van der Waals surface area contributed by atoms with Crippen LogP contribution >= 0.6 is 0 Å². The fourth-order valence-electron chi connectivity index (χ4n) is 6.04. The summed E-state index contributed by atoms with van der Waals surface area (Å²) in [5, 5.41) is 0. The number of esters is 1. The van der Waals surface area contributed by atoms with Gasteiger partial charge in [-0.25, -0.2) is 13.6 Å². The number of carbonyl (C=O) groups is 1. The maximum absolute atomic E-state index is 15.0. The number of unbranched alkanes of at least 4 members (excludes halogenated alkanes) is 3. The van der Waals surface area contributed by atoms with Crippen molar-refractivity contribution in [3.63, 3.8) is 0 Å². The van der Waals surface area contributed by atoms with Crippen LogP contribution in [0.1, 0.15) is 99.4 Å². The zero-order valence-corrected chi connectivity index (χ0v) is 19.7. The predicted octanol–water partition coefficient (Wildman–Crippen LogP) is 8.45. The molecule has 0 bridgehead atoms. The van der Waals surface area contributed by atoms with Gasteiger partial charge in [-0.05, 0) is 97.7 Å². The summed E-state index contributed by atoms with van der Waals surface area (Å²) in [5.41, 5.74) is 0.909. The summed E-state index contributed by atoms with van der Waals surface area (Å²) in [4.78, 5) is 12.4. The molecule has 0 spiro atoms.